The molecule has 0 aliphatic carbocycles. The normalized spacial score (nSPS) is 15.9. The zero-order valence-electron chi connectivity index (χ0n) is 14.1. The van der Waals surface area contributed by atoms with Gasteiger partial charge in [0, 0.05) is 36.2 Å². The van der Waals surface area contributed by atoms with Crippen molar-refractivity contribution in [1.29, 1.82) is 0 Å². The third-order valence-corrected chi connectivity index (χ3v) is 5.68. The molecule has 1 saturated heterocycles. The van der Waals surface area contributed by atoms with Gasteiger partial charge in [-0.25, -0.2) is 14.4 Å². The number of nitrogens with zero attached hydrogens (tertiary/aromatic N) is 4. The Hall–Kier alpha value is -2.38. The Morgan fingerprint density at radius 3 is 2.88 bits per heavy atom. The first-order chi connectivity index (χ1) is 12.8. The quantitative estimate of drug-likeness (QED) is 0.546. The Morgan fingerprint density at radius 1 is 1.19 bits per heavy atom. The van der Waals surface area contributed by atoms with Crippen molar-refractivity contribution in [2.75, 3.05) is 13.2 Å². The molecule has 0 saturated carbocycles. The molecule has 0 unspecified atom stereocenters. The fraction of sp³-hybridized carbons (Fsp3) is 0.316. The molecule has 0 amide bonds. The molecule has 5 nitrogen and oxygen atoms in total. The fourth-order valence-electron chi connectivity index (χ4n) is 3.73. The summed E-state index contributed by atoms with van der Waals surface area (Å²) in [4.78, 5) is 13.7. The SMILES string of the molecule is Fc1ccc2ncc3nc(Cc4nccs4)n(C4CCOCC4)c3c2c1. The number of benzene rings is 1. The van der Waals surface area contributed by atoms with Gasteiger partial charge >= 0.3 is 0 Å². The van der Waals surface area contributed by atoms with Crippen molar-refractivity contribution < 1.29 is 9.13 Å². The lowest BCUT2D eigenvalue weighted by atomic mass is 10.1. The molecule has 1 aromatic carbocycles. The predicted octanol–water partition coefficient (Wildman–Crippen LogP) is 4.12. The van der Waals surface area contributed by atoms with Crippen LogP contribution in [0.25, 0.3) is 21.9 Å². The van der Waals surface area contributed by atoms with Gasteiger partial charge in [-0.15, -0.1) is 11.3 Å². The van der Waals surface area contributed by atoms with E-state index in [9.17, 15) is 4.39 Å². The third kappa shape index (κ3) is 2.68. The van der Waals surface area contributed by atoms with Gasteiger partial charge in [0.05, 0.1) is 28.7 Å². The molecule has 132 valence electrons. The molecule has 7 heteroatoms. The van der Waals surface area contributed by atoms with Crippen LogP contribution in [-0.2, 0) is 11.2 Å². The Kier molecular flexibility index (Phi) is 3.90. The van der Waals surface area contributed by atoms with Crippen molar-refractivity contribution in [3.63, 3.8) is 0 Å². The first-order valence-corrected chi connectivity index (χ1v) is 9.59. The maximum Gasteiger partial charge on any atom is 0.124 e. The van der Waals surface area contributed by atoms with Crippen LogP contribution >= 0.6 is 11.3 Å². The van der Waals surface area contributed by atoms with Crippen molar-refractivity contribution in [2.45, 2.75) is 25.3 Å². The summed E-state index contributed by atoms with van der Waals surface area (Å²) in [6, 6.07) is 5.03. The van der Waals surface area contributed by atoms with E-state index in [1.54, 1.807) is 29.7 Å². The van der Waals surface area contributed by atoms with Crippen LogP contribution in [-0.4, -0.2) is 32.7 Å². The number of ether oxygens (including phenoxy) is 1. The van der Waals surface area contributed by atoms with E-state index in [2.05, 4.69) is 14.5 Å². The summed E-state index contributed by atoms with van der Waals surface area (Å²) in [6.07, 6.45) is 6.12. The molecule has 0 atom stereocenters. The molecule has 26 heavy (non-hydrogen) atoms. The second-order valence-electron chi connectivity index (χ2n) is 6.50. The van der Waals surface area contributed by atoms with Crippen LogP contribution in [0.4, 0.5) is 4.39 Å². The molecular formula is C19H17FN4OS. The van der Waals surface area contributed by atoms with Gasteiger partial charge in [-0.05, 0) is 31.0 Å². The van der Waals surface area contributed by atoms with Crippen LogP contribution in [0, 0.1) is 5.82 Å². The Balaban J connectivity index is 1.77. The van der Waals surface area contributed by atoms with Crippen molar-refractivity contribution >= 4 is 33.3 Å². The van der Waals surface area contributed by atoms with E-state index in [0.717, 1.165) is 58.8 Å². The number of fused-ring (bicyclic) bond motifs is 3. The van der Waals surface area contributed by atoms with Gasteiger partial charge in [-0.1, -0.05) is 0 Å². The largest absolute Gasteiger partial charge is 0.381 e. The zero-order valence-corrected chi connectivity index (χ0v) is 14.9. The average Bonchev–Trinajstić information content (AvgIpc) is 3.30. The lowest BCUT2D eigenvalue weighted by Crippen LogP contribution is -2.21. The van der Waals surface area contributed by atoms with Gasteiger partial charge < -0.3 is 9.30 Å². The first-order valence-electron chi connectivity index (χ1n) is 8.71. The van der Waals surface area contributed by atoms with E-state index in [1.807, 2.05) is 11.6 Å². The maximum absolute atomic E-state index is 14.0. The first kappa shape index (κ1) is 15.8. The monoisotopic (exact) mass is 368 g/mol. The lowest BCUT2D eigenvalue weighted by molar-refractivity contribution is 0.0700. The molecule has 1 aliphatic rings. The molecule has 0 bridgehead atoms. The molecule has 0 N–H and O–H groups in total. The minimum atomic E-state index is -0.256. The van der Waals surface area contributed by atoms with Crippen LogP contribution in [0.2, 0.25) is 0 Å². The summed E-state index contributed by atoms with van der Waals surface area (Å²) in [5.41, 5.74) is 2.56. The fourth-order valence-corrected chi connectivity index (χ4v) is 4.35. The maximum atomic E-state index is 14.0. The highest BCUT2D eigenvalue weighted by Crippen LogP contribution is 2.33. The predicted molar refractivity (Wildman–Crippen MR) is 99.0 cm³/mol. The van der Waals surface area contributed by atoms with Crippen molar-refractivity contribution in [2.24, 2.45) is 0 Å². The summed E-state index contributed by atoms with van der Waals surface area (Å²) in [5, 5.41) is 3.81. The van der Waals surface area contributed by atoms with E-state index in [0.29, 0.717) is 6.42 Å². The zero-order chi connectivity index (χ0) is 17.5. The van der Waals surface area contributed by atoms with E-state index in [4.69, 9.17) is 9.72 Å². The summed E-state index contributed by atoms with van der Waals surface area (Å²) in [6.45, 7) is 1.47. The molecule has 1 fully saturated rings. The summed E-state index contributed by atoms with van der Waals surface area (Å²) < 4.78 is 21.8. The topological polar surface area (TPSA) is 52.8 Å². The third-order valence-electron chi connectivity index (χ3n) is 4.90. The molecule has 0 spiro atoms. The van der Waals surface area contributed by atoms with Crippen molar-refractivity contribution in [1.82, 2.24) is 19.5 Å². The Morgan fingerprint density at radius 2 is 2.08 bits per heavy atom. The van der Waals surface area contributed by atoms with Crippen molar-refractivity contribution in [3.8, 4) is 0 Å². The average molecular weight is 368 g/mol. The van der Waals surface area contributed by atoms with Gasteiger partial charge in [0.15, 0.2) is 0 Å². The van der Waals surface area contributed by atoms with E-state index < -0.39 is 0 Å². The van der Waals surface area contributed by atoms with Gasteiger partial charge in [0.1, 0.15) is 17.2 Å². The molecule has 3 aromatic heterocycles. The van der Waals surface area contributed by atoms with Gasteiger partial charge in [-0.2, -0.15) is 0 Å². The number of rotatable bonds is 3. The molecule has 1 aliphatic heterocycles. The summed E-state index contributed by atoms with van der Waals surface area (Å²) in [5.74, 6) is 0.702. The second kappa shape index (κ2) is 6.41. The second-order valence-corrected chi connectivity index (χ2v) is 7.48. The number of hydrogen-bond donors (Lipinski definition) is 0. The Bertz CT molecular complexity index is 1070. The highest BCUT2D eigenvalue weighted by atomic mass is 32.1. The standard InChI is InChI=1S/C19H17FN4OS/c20-12-1-2-15-14(9-12)19-16(11-22-15)23-17(10-18-21-5-8-26-18)24(19)13-3-6-25-7-4-13/h1-2,5,8-9,11,13H,3-4,6-7,10H2. The van der Waals surface area contributed by atoms with Gasteiger partial charge in [0.2, 0.25) is 0 Å². The lowest BCUT2D eigenvalue weighted by Gasteiger charge is -2.26. The van der Waals surface area contributed by atoms with Crippen LogP contribution in [0.3, 0.4) is 0 Å². The van der Waals surface area contributed by atoms with E-state index >= 15 is 0 Å². The van der Waals surface area contributed by atoms with Crippen molar-refractivity contribution in [3.05, 3.63) is 52.6 Å². The number of hydrogen-bond acceptors (Lipinski definition) is 5. The van der Waals surface area contributed by atoms with E-state index in [-0.39, 0.29) is 11.9 Å². The minimum Gasteiger partial charge on any atom is -0.381 e. The molecule has 5 rings (SSSR count). The number of aromatic nitrogens is 4. The summed E-state index contributed by atoms with van der Waals surface area (Å²) in [7, 11) is 0. The van der Waals surface area contributed by atoms with Crippen LogP contribution in [0.5, 0.6) is 0 Å². The van der Waals surface area contributed by atoms with Crippen LogP contribution < -0.4 is 0 Å². The highest BCUT2D eigenvalue weighted by Gasteiger charge is 2.24. The summed E-state index contributed by atoms with van der Waals surface area (Å²) >= 11 is 1.62. The van der Waals surface area contributed by atoms with Gasteiger partial charge in [-0.3, -0.25) is 4.98 Å². The number of imidazole rings is 1. The number of halogens is 1. The van der Waals surface area contributed by atoms with Gasteiger partial charge in [0.25, 0.3) is 0 Å². The molecule has 4 heterocycles. The molecule has 0 radical (unpaired) electrons. The Labute approximate surface area is 153 Å². The number of thiazole rings is 1. The van der Waals surface area contributed by atoms with Crippen LogP contribution in [0.15, 0.2) is 36.0 Å². The number of pyridine rings is 1. The molecular weight excluding hydrogens is 351 g/mol. The van der Waals surface area contributed by atoms with Crippen LogP contribution in [0.1, 0.15) is 29.7 Å². The minimum absolute atomic E-state index is 0.256. The smallest absolute Gasteiger partial charge is 0.124 e. The highest BCUT2D eigenvalue weighted by molar-refractivity contribution is 7.09. The molecule has 4 aromatic rings. The van der Waals surface area contributed by atoms with E-state index in [1.165, 1.54) is 6.07 Å².